The Kier molecular flexibility index (Phi) is 5.13. The van der Waals surface area contributed by atoms with Crippen LogP contribution in [0.2, 0.25) is 0 Å². The van der Waals surface area contributed by atoms with E-state index in [0.29, 0.717) is 10.4 Å². The average molecular weight is 366 g/mol. The second-order valence-corrected chi connectivity index (χ2v) is 6.29. The molecule has 0 aliphatic heterocycles. The zero-order chi connectivity index (χ0) is 15.5. The van der Waals surface area contributed by atoms with Gasteiger partial charge in [-0.05, 0) is 49.9 Å². The van der Waals surface area contributed by atoms with Crippen molar-refractivity contribution in [3.8, 4) is 5.75 Å². The molecule has 0 unspecified atom stereocenters. The Labute approximate surface area is 129 Å². The lowest BCUT2D eigenvalue weighted by Gasteiger charge is -2.26. The van der Waals surface area contributed by atoms with Gasteiger partial charge < -0.3 is 10.1 Å². The minimum Gasteiger partial charge on any atom is -0.406 e. The van der Waals surface area contributed by atoms with Gasteiger partial charge in [0.15, 0.2) is 0 Å². The fourth-order valence-corrected chi connectivity index (χ4v) is 2.80. The second-order valence-electron chi connectivity index (χ2n) is 4.99. The molecule has 0 atom stereocenters. The summed E-state index contributed by atoms with van der Waals surface area (Å²) in [6.45, 7) is 0. The summed E-state index contributed by atoms with van der Waals surface area (Å²) in [5.74, 6) is -0.606. The molecule has 116 valence electrons. The SMILES string of the molecule is O=C(NC1CCC(Br)CC1)c1ccc(OC(F)(F)F)cc1. The van der Waals surface area contributed by atoms with E-state index in [4.69, 9.17) is 0 Å². The van der Waals surface area contributed by atoms with Gasteiger partial charge in [-0.15, -0.1) is 13.2 Å². The average Bonchev–Trinajstić information content (AvgIpc) is 2.40. The van der Waals surface area contributed by atoms with E-state index < -0.39 is 6.36 Å². The molecule has 1 saturated carbocycles. The van der Waals surface area contributed by atoms with Crippen LogP contribution in [0, 0.1) is 0 Å². The number of hydrogen-bond acceptors (Lipinski definition) is 2. The molecule has 7 heteroatoms. The number of carbonyl (C=O) groups is 1. The molecular formula is C14H15BrF3NO2. The molecule has 3 nitrogen and oxygen atoms in total. The Hall–Kier alpha value is -1.24. The van der Waals surface area contributed by atoms with Crippen LogP contribution in [-0.4, -0.2) is 23.1 Å². The smallest absolute Gasteiger partial charge is 0.406 e. The maximum atomic E-state index is 12.0. The molecule has 1 aliphatic carbocycles. The summed E-state index contributed by atoms with van der Waals surface area (Å²) < 4.78 is 39.9. The number of amides is 1. The van der Waals surface area contributed by atoms with Crippen molar-refractivity contribution in [1.29, 1.82) is 0 Å². The molecule has 2 rings (SSSR count). The standard InChI is InChI=1S/C14H15BrF3NO2/c15-10-3-5-11(6-4-10)19-13(20)9-1-7-12(8-2-9)21-14(16,17)18/h1-2,7-8,10-11H,3-6H2,(H,19,20). The molecule has 0 aromatic heterocycles. The molecule has 1 aromatic carbocycles. The van der Waals surface area contributed by atoms with Gasteiger partial charge in [0.25, 0.3) is 5.91 Å². The van der Waals surface area contributed by atoms with Crippen LogP contribution in [-0.2, 0) is 0 Å². The van der Waals surface area contributed by atoms with E-state index in [1.807, 2.05) is 0 Å². The van der Waals surface area contributed by atoms with Crippen LogP contribution in [0.15, 0.2) is 24.3 Å². The minimum absolute atomic E-state index is 0.123. The molecular weight excluding hydrogens is 351 g/mol. The topological polar surface area (TPSA) is 38.3 Å². The van der Waals surface area contributed by atoms with Crippen molar-refractivity contribution in [3.05, 3.63) is 29.8 Å². The first-order valence-corrected chi connectivity index (χ1v) is 7.56. The van der Waals surface area contributed by atoms with Crippen molar-refractivity contribution >= 4 is 21.8 Å². The predicted molar refractivity (Wildman–Crippen MR) is 75.6 cm³/mol. The van der Waals surface area contributed by atoms with E-state index in [2.05, 4.69) is 26.0 Å². The maximum absolute atomic E-state index is 12.0. The fraction of sp³-hybridized carbons (Fsp3) is 0.500. The van der Waals surface area contributed by atoms with Gasteiger partial charge in [0.1, 0.15) is 5.75 Å². The number of nitrogens with one attached hydrogen (secondary N) is 1. The number of carbonyl (C=O) groups excluding carboxylic acids is 1. The molecule has 0 saturated heterocycles. The second kappa shape index (κ2) is 6.68. The highest BCUT2D eigenvalue weighted by atomic mass is 79.9. The van der Waals surface area contributed by atoms with Gasteiger partial charge in [0.2, 0.25) is 0 Å². The summed E-state index contributed by atoms with van der Waals surface area (Å²) in [5, 5.41) is 2.90. The molecule has 1 N–H and O–H groups in total. The zero-order valence-corrected chi connectivity index (χ0v) is 12.7. The third-order valence-electron chi connectivity index (χ3n) is 3.34. The van der Waals surface area contributed by atoms with E-state index in [9.17, 15) is 18.0 Å². The van der Waals surface area contributed by atoms with Crippen LogP contribution in [0.1, 0.15) is 36.0 Å². The quantitative estimate of drug-likeness (QED) is 0.821. The Morgan fingerprint density at radius 2 is 1.71 bits per heavy atom. The zero-order valence-electron chi connectivity index (χ0n) is 11.1. The first-order valence-electron chi connectivity index (χ1n) is 6.64. The lowest BCUT2D eigenvalue weighted by atomic mass is 9.95. The van der Waals surface area contributed by atoms with Gasteiger partial charge in [-0.25, -0.2) is 0 Å². The third kappa shape index (κ3) is 5.22. The Balaban J connectivity index is 1.91. The number of ether oxygens (including phenoxy) is 1. The Bertz CT molecular complexity index is 482. The summed E-state index contributed by atoms with van der Waals surface area (Å²) in [5.41, 5.74) is 0.325. The highest BCUT2D eigenvalue weighted by Crippen LogP contribution is 2.25. The highest BCUT2D eigenvalue weighted by molar-refractivity contribution is 9.09. The Morgan fingerprint density at radius 1 is 1.14 bits per heavy atom. The van der Waals surface area contributed by atoms with Crippen molar-refractivity contribution < 1.29 is 22.7 Å². The van der Waals surface area contributed by atoms with Crippen molar-refractivity contribution in [1.82, 2.24) is 5.32 Å². The lowest BCUT2D eigenvalue weighted by Crippen LogP contribution is -2.37. The van der Waals surface area contributed by atoms with Crippen LogP contribution in [0.25, 0.3) is 0 Å². The fourth-order valence-electron chi connectivity index (χ4n) is 2.27. The first-order chi connectivity index (χ1) is 9.83. The molecule has 1 aromatic rings. The van der Waals surface area contributed by atoms with Crippen LogP contribution >= 0.6 is 15.9 Å². The van der Waals surface area contributed by atoms with Crippen LogP contribution in [0.3, 0.4) is 0 Å². The van der Waals surface area contributed by atoms with Gasteiger partial charge >= 0.3 is 6.36 Å². The monoisotopic (exact) mass is 365 g/mol. The maximum Gasteiger partial charge on any atom is 0.573 e. The van der Waals surface area contributed by atoms with Crippen molar-refractivity contribution in [3.63, 3.8) is 0 Å². The normalized spacial score (nSPS) is 22.7. The van der Waals surface area contributed by atoms with E-state index >= 15 is 0 Å². The van der Waals surface area contributed by atoms with Crippen molar-refractivity contribution in [2.45, 2.75) is 42.9 Å². The first kappa shape index (κ1) is 16.1. The van der Waals surface area contributed by atoms with Gasteiger partial charge in [0, 0.05) is 16.4 Å². The van der Waals surface area contributed by atoms with Crippen LogP contribution in [0.5, 0.6) is 5.75 Å². The molecule has 1 amide bonds. The summed E-state index contributed by atoms with van der Waals surface area (Å²) in [6.07, 6.45) is -0.918. The molecule has 0 heterocycles. The Morgan fingerprint density at radius 3 is 2.24 bits per heavy atom. The van der Waals surface area contributed by atoms with Gasteiger partial charge in [-0.2, -0.15) is 0 Å². The molecule has 21 heavy (non-hydrogen) atoms. The molecule has 0 spiro atoms. The summed E-state index contributed by atoms with van der Waals surface area (Å²) in [4.78, 5) is 12.5. The predicted octanol–water partition coefficient (Wildman–Crippen LogP) is 4.02. The number of rotatable bonds is 3. The molecule has 1 fully saturated rings. The summed E-state index contributed by atoms with van der Waals surface area (Å²) in [7, 11) is 0. The molecule has 0 radical (unpaired) electrons. The third-order valence-corrected chi connectivity index (χ3v) is 4.26. The van der Waals surface area contributed by atoms with Gasteiger partial charge in [-0.1, -0.05) is 15.9 Å². The molecule has 1 aliphatic rings. The van der Waals surface area contributed by atoms with Gasteiger partial charge in [-0.3, -0.25) is 4.79 Å². The minimum atomic E-state index is -4.72. The number of hydrogen-bond donors (Lipinski definition) is 1. The number of halogens is 4. The summed E-state index contributed by atoms with van der Waals surface area (Å²) >= 11 is 3.54. The molecule has 0 bridgehead atoms. The van der Waals surface area contributed by atoms with Crippen LogP contribution in [0.4, 0.5) is 13.2 Å². The van der Waals surface area contributed by atoms with E-state index in [1.165, 1.54) is 12.1 Å². The number of alkyl halides is 4. The van der Waals surface area contributed by atoms with Gasteiger partial charge in [0.05, 0.1) is 0 Å². The highest BCUT2D eigenvalue weighted by Gasteiger charge is 2.31. The van der Waals surface area contributed by atoms with E-state index in [-0.39, 0.29) is 17.7 Å². The van der Waals surface area contributed by atoms with E-state index in [1.54, 1.807) is 0 Å². The van der Waals surface area contributed by atoms with Crippen LogP contribution < -0.4 is 10.1 Å². The summed E-state index contributed by atoms with van der Waals surface area (Å²) in [6, 6.07) is 5.05. The van der Waals surface area contributed by atoms with Crippen molar-refractivity contribution in [2.75, 3.05) is 0 Å². The largest absolute Gasteiger partial charge is 0.573 e. The lowest BCUT2D eigenvalue weighted by molar-refractivity contribution is -0.274. The van der Waals surface area contributed by atoms with Crippen molar-refractivity contribution in [2.24, 2.45) is 0 Å². The number of benzene rings is 1. The van der Waals surface area contributed by atoms with E-state index in [0.717, 1.165) is 37.8 Å².